The highest BCUT2D eigenvalue weighted by Gasteiger charge is 2.28. The highest BCUT2D eigenvalue weighted by atomic mass is 16.3. The van der Waals surface area contributed by atoms with Gasteiger partial charge in [-0.3, -0.25) is 0 Å². The number of hydrogen-bond acceptors (Lipinski definition) is 2. The van der Waals surface area contributed by atoms with E-state index in [1.165, 1.54) is 11.1 Å². The Morgan fingerprint density at radius 2 is 2.15 bits per heavy atom. The van der Waals surface area contributed by atoms with Gasteiger partial charge in [-0.05, 0) is 42.7 Å². The second-order valence-corrected chi connectivity index (χ2v) is 5.70. The second-order valence-electron chi connectivity index (χ2n) is 5.70. The number of aromatic nitrogens is 2. The van der Waals surface area contributed by atoms with Crippen LogP contribution < -0.4 is 0 Å². The number of aryl methyl sites for hydroxylation is 2. The van der Waals surface area contributed by atoms with Crippen molar-refractivity contribution in [3.63, 3.8) is 0 Å². The molecule has 1 aromatic heterocycles. The monoisotopic (exact) mass is 270 g/mol. The van der Waals surface area contributed by atoms with Gasteiger partial charge in [0.1, 0.15) is 11.9 Å². The molecular formula is C17H22N2O. The molecular weight excluding hydrogens is 248 g/mol. The SMILES string of the molecule is CCCn1ccnc1C(O)C1CCc2ccccc2C1. The average molecular weight is 270 g/mol. The zero-order chi connectivity index (χ0) is 13.9. The Hall–Kier alpha value is -1.61. The van der Waals surface area contributed by atoms with Gasteiger partial charge in [-0.25, -0.2) is 4.98 Å². The van der Waals surface area contributed by atoms with Crippen LogP contribution in [0.25, 0.3) is 0 Å². The first-order valence-corrected chi connectivity index (χ1v) is 7.55. The molecule has 2 atom stereocenters. The molecule has 1 aliphatic rings. The van der Waals surface area contributed by atoms with Crippen LogP contribution in [0.2, 0.25) is 0 Å². The molecule has 0 aliphatic heterocycles. The summed E-state index contributed by atoms with van der Waals surface area (Å²) in [6.07, 6.45) is 7.43. The van der Waals surface area contributed by atoms with Crippen molar-refractivity contribution in [2.75, 3.05) is 0 Å². The molecule has 20 heavy (non-hydrogen) atoms. The highest BCUT2D eigenvalue weighted by Crippen LogP contribution is 2.33. The van der Waals surface area contributed by atoms with Gasteiger partial charge in [0.15, 0.2) is 0 Å². The highest BCUT2D eigenvalue weighted by molar-refractivity contribution is 5.30. The van der Waals surface area contributed by atoms with Gasteiger partial charge < -0.3 is 9.67 Å². The van der Waals surface area contributed by atoms with E-state index < -0.39 is 6.10 Å². The summed E-state index contributed by atoms with van der Waals surface area (Å²) in [7, 11) is 0. The third-order valence-corrected chi connectivity index (χ3v) is 4.31. The van der Waals surface area contributed by atoms with Crippen LogP contribution in [0, 0.1) is 5.92 Å². The van der Waals surface area contributed by atoms with E-state index in [4.69, 9.17) is 0 Å². The van der Waals surface area contributed by atoms with E-state index in [-0.39, 0.29) is 5.92 Å². The van der Waals surface area contributed by atoms with Gasteiger partial charge in [-0.15, -0.1) is 0 Å². The van der Waals surface area contributed by atoms with Crippen molar-refractivity contribution in [3.05, 3.63) is 53.6 Å². The van der Waals surface area contributed by atoms with Crippen molar-refractivity contribution in [3.8, 4) is 0 Å². The van der Waals surface area contributed by atoms with E-state index >= 15 is 0 Å². The summed E-state index contributed by atoms with van der Waals surface area (Å²) in [5.41, 5.74) is 2.82. The molecule has 0 spiro atoms. The standard InChI is InChI=1S/C17H22N2O/c1-2-10-19-11-9-18-17(19)16(20)15-8-7-13-5-3-4-6-14(13)12-15/h3-6,9,11,15-16,20H,2,7-8,10,12H2,1H3. The first-order valence-electron chi connectivity index (χ1n) is 7.55. The number of rotatable bonds is 4. The molecule has 0 amide bonds. The van der Waals surface area contributed by atoms with Crippen molar-refractivity contribution < 1.29 is 5.11 Å². The van der Waals surface area contributed by atoms with Gasteiger partial charge in [0.05, 0.1) is 0 Å². The summed E-state index contributed by atoms with van der Waals surface area (Å²) in [6, 6.07) is 8.58. The lowest BCUT2D eigenvalue weighted by Gasteiger charge is -2.28. The molecule has 106 valence electrons. The molecule has 1 N–H and O–H groups in total. The molecule has 3 heteroatoms. The summed E-state index contributed by atoms with van der Waals surface area (Å²) in [4.78, 5) is 4.38. The van der Waals surface area contributed by atoms with Crippen LogP contribution in [-0.4, -0.2) is 14.7 Å². The molecule has 1 aliphatic carbocycles. The molecule has 0 saturated carbocycles. The molecule has 0 bridgehead atoms. The summed E-state index contributed by atoms with van der Waals surface area (Å²) in [6.45, 7) is 3.07. The van der Waals surface area contributed by atoms with Gasteiger partial charge in [-0.2, -0.15) is 0 Å². The minimum absolute atomic E-state index is 0.280. The van der Waals surface area contributed by atoms with Crippen molar-refractivity contribution >= 4 is 0 Å². The van der Waals surface area contributed by atoms with Crippen LogP contribution >= 0.6 is 0 Å². The normalized spacial score (nSPS) is 19.6. The maximum Gasteiger partial charge on any atom is 0.137 e. The minimum atomic E-state index is -0.454. The number of aliphatic hydroxyl groups is 1. The van der Waals surface area contributed by atoms with Crippen molar-refractivity contribution in [1.82, 2.24) is 9.55 Å². The molecule has 3 rings (SSSR count). The summed E-state index contributed by atoms with van der Waals surface area (Å²) in [5, 5.41) is 10.7. The minimum Gasteiger partial charge on any atom is -0.385 e. The predicted octanol–water partition coefficient (Wildman–Crippen LogP) is 3.13. The van der Waals surface area contributed by atoms with E-state index in [1.54, 1.807) is 6.20 Å². The predicted molar refractivity (Wildman–Crippen MR) is 79.4 cm³/mol. The molecule has 0 saturated heterocycles. The summed E-state index contributed by atoms with van der Waals surface area (Å²) >= 11 is 0. The van der Waals surface area contributed by atoms with E-state index in [1.807, 2.05) is 6.20 Å². The first-order chi connectivity index (χ1) is 9.79. The fraction of sp³-hybridized carbons (Fsp3) is 0.471. The maximum atomic E-state index is 10.7. The zero-order valence-electron chi connectivity index (χ0n) is 12.0. The Balaban J connectivity index is 1.78. The van der Waals surface area contributed by atoms with Crippen molar-refractivity contribution in [2.24, 2.45) is 5.92 Å². The van der Waals surface area contributed by atoms with Gasteiger partial charge in [0.2, 0.25) is 0 Å². The molecule has 0 fully saturated rings. The Bertz CT molecular complexity index is 576. The molecule has 2 unspecified atom stereocenters. The van der Waals surface area contributed by atoms with Crippen LogP contribution in [0.3, 0.4) is 0 Å². The summed E-state index contributed by atoms with van der Waals surface area (Å²) < 4.78 is 2.09. The number of nitrogens with zero attached hydrogens (tertiary/aromatic N) is 2. The molecule has 1 heterocycles. The number of hydrogen-bond donors (Lipinski definition) is 1. The largest absolute Gasteiger partial charge is 0.385 e. The Morgan fingerprint density at radius 1 is 1.35 bits per heavy atom. The van der Waals surface area contributed by atoms with Crippen LogP contribution in [-0.2, 0) is 19.4 Å². The Morgan fingerprint density at radius 3 is 2.95 bits per heavy atom. The summed E-state index contributed by atoms with van der Waals surface area (Å²) in [5.74, 6) is 1.11. The van der Waals surface area contributed by atoms with Crippen LogP contribution in [0.15, 0.2) is 36.7 Å². The zero-order valence-corrected chi connectivity index (χ0v) is 12.0. The van der Waals surface area contributed by atoms with Gasteiger partial charge in [0, 0.05) is 18.9 Å². The smallest absolute Gasteiger partial charge is 0.137 e. The van der Waals surface area contributed by atoms with Crippen LogP contribution in [0.1, 0.15) is 42.8 Å². The molecule has 1 aromatic carbocycles. The quantitative estimate of drug-likeness (QED) is 0.927. The third-order valence-electron chi connectivity index (χ3n) is 4.31. The van der Waals surface area contributed by atoms with Crippen LogP contribution in [0.4, 0.5) is 0 Å². The lowest BCUT2D eigenvalue weighted by molar-refractivity contribution is 0.0875. The fourth-order valence-corrected chi connectivity index (χ4v) is 3.22. The molecule has 2 aromatic rings. The number of benzene rings is 1. The van der Waals surface area contributed by atoms with E-state index in [0.29, 0.717) is 0 Å². The number of fused-ring (bicyclic) bond motifs is 1. The van der Waals surface area contributed by atoms with Crippen LogP contribution in [0.5, 0.6) is 0 Å². The Labute approximate surface area is 120 Å². The average Bonchev–Trinajstić information content (AvgIpc) is 2.94. The topological polar surface area (TPSA) is 38.0 Å². The van der Waals surface area contributed by atoms with E-state index in [2.05, 4.69) is 40.7 Å². The number of aliphatic hydroxyl groups excluding tert-OH is 1. The Kier molecular flexibility index (Phi) is 3.88. The van der Waals surface area contributed by atoms with Gasteiger partial charge >= 0.3 is 0 Å². The van der Waals surface area contributed by atoms with Crippen molar-refractivity contribution in [2.45, 2.75) is 45.3 Å². The van der Waals surface area contributed by atoms with Crippen molar-refractivity contribution in [1.29, 1.82) is 0 Å². The lowest BCUT2D eigenvalue weighted by Crippen LogP contribution is -2.23. The second kappa shape index (κ2) is 5.80. The van der Waals surface area contributed by atoms with Gasteiger partial charge in [-0.1, -0.05) is 31.2 Å². The lowest BCUT2D eigenvalue weighted by atomic mass is 9.81. The molecule has 0 radical (unpaired) electrons. The van der Waals surface area contributed by atoms with E-state index in [9.17, 15) is 5.11 Å². The molecule has 3 nitrogen and oxygen atoms in total. The van der Waals surface area contributed by atoms with E-state index in [0.717, 1.165) is 38.1 Å². The first kappa shape index (κ1) is 13.4. The third kappa shape index (κ3) is 2.50. The maximum absolute atomic E-state index is 10.7. The van der Waals surface area contributed by atoms with Gasteiger partial charge in [0.25, 0.3) is 0 Å². The fourth-order valence-electron chi connectivity index (χ4n) is 3.22. The number of imidazole rings is 1.